The fourth-order valence-corrected chi connectivity index (χ4v) is 4.13. The van der Waals surface area contributed by atoms with Gasteiger partial charge in [-0.3, -0.25) is 4.98 Å². The molecule has 1 heterocycles. The van der Waals surface area contributed by atoms with Crippen LogP contribution in [0, 0.1) is 5.92 Å². The lowest BCUT2D eigenvalue weighted by molar-refractivity contribution is 0.0396. The molecule has 1 saturated carbocycles. The van der Waals surface area contributed by atoms with Gasteiger partial charge in [-0.1, -0.05) is 19.8 Å². The molecule has 1 aliphatic rings. The van der Waals surface area contributed by atoms with Gasteiger partial charge in [0.05, 0.1) is 0 Å². The van der Waals surface area contributed by atoms with Gasteiger partial charge in [-0.15, -0.1) is 0 Å². The van der Waals surface area contributed by atoms with Crippen LogP contribution in [0.2, 0.25) is 0 Å². The molecule has 2 rings (SSSR count). The predicted octanol–water partition coefficient (Wildman–Crippen LogP) is 3.49. The van der Waals surface area contributed by atoms with E-state index >= 15 is 0 Å². The summed E-state index contributed by atoms with van der Waals surface area (Å²) < 4.78 is 1.04. The second kappa shape index (κ2) is 7.21. The minimum absolute atomic E-state index is 0.237. The van der Waals surface area contributed by atoms with Crippen molar-refractivity contribution in [3.8, 4) is 0 Å². The lowest BCUT2D eigenvalue weighted by Crippen LogP contribution is -2.61. The van der Waals surface area contributed by atoms with E-state index in [4.69, 9.17) is 0 Å². The van der Waals surface area contributed by atoms with Gasteiger partial charge in [0.1, 0.15) is 0 Å². The van der Waals surface area contributed by atoms with Crippen LogP contribution in [0.4, 0.5) is 0 Å². The Morgan fingerprint density at radius 3 is 2.76 bits per heavy atom. The van der Waals surface area contributed by atoms with E-state index in [-0.39, 0.29) is 5.54 Å². The first-order valence-corrected chi connectivity index (χ1v) is 8.72. The Labute approximate surface area is 137 Å². The van der Waals surface area contributed by atoms with Crippen LogP contribution in [-0.4, -0.2) is 42.6 Å². The molecule has 3 atom stereocenters. The second-order valence-electron chi connectivity index (χ2n) is 6.71. The Hall–Kier alpha value is -0.450. The first-order chi connectivity index (χ1) is 9.98. The van der Waals surface area contributed by atoms with Crippen LogP contribution in [0.15, 0.2) is 22.8 Å². The highest BCUT2D eigenvalue weighted by Crippen LogP contribution is 2.39. The molecule has 0 bridgehead atoms. The first-order valence-electron chi connectivity index (χ1n) is 7.93. The SMILES string of the molecule is CNC(Cc1ccc(Br)cn1)C1(N(C)C)CCCC(C)C1. The number of nitrogens with zero attached hydrogens (tertiary/aromatic N) is 2. The summed E-state index contributed by atoms with van der Waals surface area (Å²) >= 11 is 3.46. The summed E-state index contributed by atoms with van der Waals surface area (Å²) in [7, 11) is 6.56. The number of aromatic nitrogens is 1. The zero-order chi connectivity index (χ0) is 15.5. The van der Waals surface area contributed by atoms with Crippen LogP contribution >= 0.6 is 15.9 Å². The Morgan fingerprint density at radius 1 is 1.48 bits per heavy atom. The zero-order valence-corrected chi connectivity index (χ0v) is 15.3. The molecule has 21 heavy (non-hydrogen) atoms. The summed E-state index contributed by atoms with van der Waals surface area (Å²) in [6.07, 6.45) is 8.10. The Bertz CT molecular complexity index is 446. The summed E-state index contributed by atoms with van der Waals surface area (Å²) in [5, 5.41) is 3.58. The van der Waals surface area contributed by atoms with Gasteiger partial charge in [0.2, 0.25) is 0 Å². The minimum Gasteiger partial charge on any atom is -0.315 e. The van der Waals surface area contributed by atoms with Crippen molar-refractivity contribution < 1.29 is 0 Å². The Balaban J connectivity index is 2.21. The van der Waals surface area contributed by atoms with E-state index in [0.29, 0.717) is 6.04 Å². The monoisotopic (exact) mass is 353 g/mol. The third-order valence-electron chi connectivity index (χ3n) is 5.10. The largest absolute Gasteiger partial charge is 0.315 e. The number of hydrogen-bond acceptors (Lipinski definition) is 3. The van der Waals surface area contributed by atoms with E-state index < -0.39 is 0 Å². The van der Waals surface area contributed by atoms with Gasteiger partial charge in [-0.25, -0.2) is 0 Å². The van der Waals surface area contributed by atoms with Gasteiger partial charge in [0, 0.05) is 34.4 Å². The maximum atomic E-state index is 4.56. The fraction of sp³-hybridized carbons (Fsp3) is 0.706. The van der Waals surface area contributed by atoms with Crippen molar-refractivity contribution in [2.75, 3.05) is 21.1 Å². The number of halogens is 1. The van der Waals surface area contributed by atoms with Crippen molar-refractivity contribution >= 4 is 15.9 Å². The highest BCUT2D eigenvalue weighted by Gasteiger charge is 2.43. The number of pyridine rings is 1. The second-order valence-corrected chi connectivity index (χ2v) is 7.63. The molecular formula is C17H28BrN3. The van der Waals surface area contributed by atoms with E-state index in [1.54, 1.807) is 0 Å². The third kappa shape index (κ3) is 3.85. The van der Waals surface area contributed by atoms with Gasteiger partial charge in [0.15, 0.2) is 0 Å². The average Bonchev–Trinajstić information content (AvgIpc) is 2.46. The van der Waals surface area contributed by atoms with E-state index in [2.05, 4.69) is 71.3 Å². The maximum absolute atomic E-state index is 4.56. The third-order valence-corrected chi connectivity index (χ3v) is 5.57. The molecule has 0 aromatic carbocycles. The van der Waals surface area contributed by atoms with E-state index in [1.165, 1.54) is 25.7 Å². The molecule has 0 radical (unpaired) electrons. The normalized spacial score (nSPS) is 27.8. The lowest BCUT2D eigenvalue weighted by Gasteiger charge is -2.50. The van der Waals surface area contributed by atoms with Crippen molar-refractivity contribution in [2.45, 2.75) is 50.6 Å². The Morgan fingerprint density at radius 2 is 2.24 bits per heavy atom. The summed E-state index contributed by atoms with van der Waals surface area (Å²) in [5.74, 6) is 0.801. The molecule has 4 heteroatoms. The molecule has 1 N–H and O–H groups in total. The first kappa shape index (κ1) is 16.9. The van der Waals surface area contributed by atoms with E-state index in [9.17, 15) is 0 Å². The molecule has 0 amide bonds. The predicted molar refractivity (Wildman–Crippen MR) is 92.5 cm³/mol. The summed E-state index contributed by atoms with van der Waals surface area (Å²) in [4.78, 5) is 7.01. The lowest BCUT2D eigenvalue weighted by atomic mass is 9.70. The average molecular weight is 354 g/mol. The van der Waals surface area contributed by atoms with Gasteiger partial charge >= 0.3 is 0 Å². The smallest absolute Gasteiger partial charge is 0.0420 e. The molecule has 1 fully saturated rings. The number of rotatable bonds is 5. The summed E-state index contributed by atoms with van der Waals surface area (Å²) in [6.45, 7) is 2.39. The molecule has 118 valence electrons. The number of likely N-dealkylation sites (N-methyl/N-ethyl adjacent to an activating group) is 2. The molecule has 0 saturated heterocycles. The van der Waals surface area contributed by atoms with Crippen LogP contribution in [0.5, 0.6) is 0 Å². The van der Waals surface area contributed by atoms with Crippen LogP contribution < -0.4 is 5.32 Å². The van der Waals surface area contributed by atoms with Gasteiger partial charge in [-0.05, 0) is 68.0 Å². The van der Waals surface area contributed by atoms with E-state index in [0.717, 1.165) is 22.5 Å². The molecule has 0 aliphatic heterocycles. The molecule has 1 aromatic heterocycles. The summed E-state index contributed by atoms with van der Waals surface area (Å²) in [5.41, 5.74) is 1.40. The molecular weight excluding hydrogens is 326 g/mol. The number of hydrogen-bond donors (Lipinski definition) is 1. The van der Waals surface area contributed by atoms with Gasteiger partial charge < -0.3 is 10.2 Å². The van der Waals surface area contributed by atoms with Crippen LogP contribution in [-0.2, 0) is 6.42 Å². The van der Waals surface area contributed by atoms with Crippen molar-refractivity contribution in [2.24, 2.45) is 5.92 Å². The van der Waals surface area contributed by atoms with Crippen molar-refractivity contribution in [1.29, 1.82) is 0 Å². The summed E-state index contributed by atoms with van der Waals surface area (Å²) in [6, 6.07) is 4.65. The zero-order valence-electron chi connectivity index (χ0n) is 13.7. The molecule has 1 aliphatic carbocycles. The standard InChI is InChI=1S/C17H28BrN3/c1-13-6-5-9-17(11-13,21(3)4)16(19-2)10-15-8-7-14(18)12-20-15/h7-8,12-13,16,19H,5-6,9-11H2,1-4H3. The molecule has 1 aromatic rings. The van der Waals surface area contributed by atoms with Crippen LogP contribution in [0.3, 0.4) is 0 Å². The Kier molecular flexibility index (Phi) is 5.81. The van der Waals surface area contributed by atoms with E-state index in [1.807, 2.05) is 6.20 Å². The van der Waals surface area contributed by atoms with Crippen molar-refractivity contribution in [3.63, 3.8) is 0 Å². The topological polar surface area (TPSA) is 28.2 Å². The quantitative estimate of drug-likeness (QED) is 0.878. The van der Waals surface area contributed by atoms with Crippen LogP contribution in [0.25, 0.3) is 0 Å². The molecule has 3 nitrogen and oxygen atoms in total. The number of nitrogens with one attached hydrogen (secondary N) is 1. The fourth-order valence-electron chi connectivity index (χ4n) is 3.90. The van der Waals surface area contributed by atoms with Crippen molar-refractivity contribution in [3.05, 3.63) is 28.5 Å². The van der Waals surface area contributed by atoms with Gasteiger partial charge in [0.25, 0.3) is 0 Å². The van der Waals surface area contributed by atoms with Crippen LogP contribution in [0.1, 0.15) is 38.3 Å². The highest BCUT2D eigenvalue weighted by molar-refractivity contribution is 9.10. The van der Waals surface area contributed by atoms with Crippen molar-refractivity contribution in [1.82, 2.24) is 15.2 Å². The van der Waals surface area contributed by atoms with Gasteiger partial charge in [-0.2, -0.15) is 0 Å². The molecule has 3 unspecified atom stereocenters. The maximum Gasteiger partial charge on any atom is 0.0420 e. The minimum atomic E-state index is 0.237. The highest BCUT2D eigenvalue weighted by atomic mass is 79.9. The molecule has 0 spiro atoms.